The van der Waals surface area contributed by atoms with Crippen LogP contribution in [0.15, 0.2) is 40.4 Å². The summed E-state index contributed by atoms with van der Waals surface area (Å²) in [5.41, 5.74) is 1.97. The number of aromatic nitrogens is 3. The highest BCUT2D eigenvalue weighted by atomic mass is 32.2. The van der Waals surface area contributed by atoms with Gasteiger partial charge in [0.2, 0.25) is 15.0 Å². The lowest BCUT2D eigenvalue weighted by Crippen LogP contribution is -2.47. The van der Waals surface area contributed by atoms with Crippen molar-refractivity contribution in [2.75, 3.05) is 36.3 Å². The molecule has 0 saturated heterocycles. The van der Waals surface area contributed by atoms with Gasteiger partial charge in [-0.25, -0.2) is 18.2 Å². The van der Waals surface area contributed by atoms with Crippen LogP contribution in [-0.4, -0.2) is 67.2 Å². The van der Waals surface area contributed by atoms with Gasteiger partial charge in [0.1, 0.15) is 16.9 Å². The molecule has 1 aliphatic carbocycles. The molecule has 11 nitrogen and oxygen atoms in total. The smallest absolute Gasteiger partial charge is 0.414 e. The summed E-state index contributed by atoms with van der Waals surface area (Å²) in [5, 5.41) is 0.215. The maximum Gasteiger partial charge on any atom is 0.414 e. The van der Waals surface area contributed by atoms with Crippen LogP contribution in [0.5, 0.6) is 0 Å². The fourth-order valence-corrected chi connectivity index (χ4v) is 5.63. The van der Waals surface area contributed by atoms with Crippen LogP contribution in [0, 0.1) is 6.92 Å². The van der Waals surface area contributed by atoms with Crippen LogP contribution in [0.4, 0.5) is 21.9 Å². The van der Waals surface area contributed by atoms with Crippen LogP contribution in [0.2, 0.25) is 0 Å². The molecule has 0 unspecified atom stereocenters. The molecule has 2 aliphatic rings. The number of para-hydroxylation sites is 1. The third-order valence-electron chi connectivity index (χ3n) is 7.06. The van der Waals surface area contributed by atoms with Gasteiger partial charge < -0.3 is 14.4 Å². The van der Waals surface area contributed by atoms with E-state index in [0.29, 0.717) is 48.4 Å². The quantitative estimate of drug-likeness (QED) is 0.443. The average molecular weight is 556 g/mol. The Bertz CT molecular complexity index is 1620. The van der Waals surface area contributed by atoms with Gasteiger partial charge in [-0.1, -0.05) is 12.1 Å². The molecule has 39 heavy (non-hydrogen) atoms. The van der Waals surface area contributed by atoms with E-state index in [1.807, 2.05) is 50.8 Å². The molecule has 1 saturated carbocycles. The van der Waals surface area contributed by atoms with Crippen molar-refractivity contribution in [1.82, 2.24) is 14.5 Å². The minimum Gasteiger partial charge on any atom is -0.443 e. The van der Waals surface area contributed by atoms with Crippen molar-refractivity contribution in [2.24, 2.45) is 0 Å². The zero-order valence-corrected chi connectivity index (χ0v) is 23.8. The Balaban J connectivity index is 1.67. The number of hydrogen-bond acceptors (Lipinski definition) is 9. The van der Waals surface area contributed by atoms with Crippen LogP contribution in [0.1, 0.15) is 45.2 Å². The molecule has 2 aromatic heterocycles. The summed E-state index contributed by atoms with van der Waals surface area (Å²) in [7, 11) is -2.05. The molecular weight excluding hydrogens is 522 g/mol. The Labute approximate surface area is 227 Å². The van der Waals surface area contributed by atoms with E-state index in [1.54, 1.807) is 22.6 Å². The van der Waals surface area contributed by atoms with Crippen molar-refractivity contribution in [1.29, 1.82) is 0 Å². The first kappa shape index (κ1) is 27.1. The number of fused-ring (bicyclic) bond motifs is 2. The largest absolute Gasteiger partial charge is 0.443 e. The lowest BCUT2D eigenvalue weighted by atomic mass is 9.88. The fourth-order valence-electron chi connectivity index (χ4n) is 5.14. The number of rotatable bonds is 4. The number of sulfone groups is 1. The second-order valence-corrected chi connectivity index (χ2v) is 13.0. The third-order valence-corrected chi connectivity index (χ3v) is 7.92. The normalized spacial score (nSPS) is 19.5. The minimum atomic E-state index is -3.68. The zero-order chi connectivity index (χ0) is 28.3. The molecule has 0 bridgehead atoms. The number of ether oxygens (including phenoxy) is 2. The lowest BCUT2D eigenvalue weighted by Gasteiger charge is -2.40. The Morgan fingerprint density at radius 2 is 1.85 bits per heavy atom. The van der Waals surface area contributed by atoms with Crippen molar-refractivity contribution in [3.63, 3.8) is 0 Å². The van der Waals surface area contributed by atoms with Crippen LogP contribution < -0.4 is 15.4 Å². The monoisotopic (exact) mass is 555 g/mol. The molecule has 5 rings (SSSR count). The lowest BCUT2D eigenvalue weighted by molar-refractivity contribution is 0.00637. The predicted octanol–water partition coefficient (Wildman–Crippen LogP) is 3.75. The Kier molecular flexibility index (Phi) is 6.66. The molecule has 1 aliphatic heterocycles. The second kappa shape index (κ2) is 9.60. The van der Waals surface area contributed by atoms with Gasteiger partial charge in [-0.15, -0.1) is 0 Å². The first-order valence-corrected chi connectivity index (χ1v) is 14.7. The van der Waals surface area contributed by atoms with Crippen molar-refractivity contribution in [3.05, 3.63) is 46.4 Å². The van der Waals surface area contributed by atoms with Crippen LogP contribution >= 0.6 is 0 Å². The number of pyridine rings is 1. The summed E-state index contributed by atoms with van der Waals surface area (Å²) in [6.45, 7) is 8.04. The molecular formula is C27H33N5O6S. The number of carbonyl (C=O) groups excluding carboxylic acids is 1. The number of aryl methyl sites for hydroxylation is 1. The summed E-state index contributed by atoms with van der Waals surface area (Å²) in [5.74, 6) is 0. The molecule has 0 N–H and O–H groups in total. The van der Waals surface area contributed by atoms with E-state index in [4.69, 9.17) is 9.47 Å². The summed E-state index contributed by atoms with van der Waals surface area (Å²) >= 11 is 0. The maximum absolute atomic E-state index is 14.1. The molecule has 1 aromatic carbocycles. The van der Waals surface area contributed by atoms with E-state index in [-0.39, 0.29) is 28.5 Å². The molecule has 0 atom stereocenters. The molecule has 1 amide bonds. The van der Waals surface area contributed by atoms with Gasteiger partial charge >= 0.3 is 6.09 Å². The van der Waals surface area contributed by atoms with Gasteiger partial charge in [-0.05, 0) is 58.2 Å². The molecule has 3 heterocycles. The van der Waals surface area contributed by atoms with Gasteiger partial charge in [0.15, 0.2) is 0 Å². The van der Waals surface area contributed by atoms with Gasteiger partial charge in [-0.3, -0.25) is 14.3 Å². The second-order valence-electron chi connectivity index (χ2n) is 11.1. The fraction of sp³-hybridized carbons (Fsp3) is 0.481. The first-order chi connectivity index (χ1) is 18.3. The van der Waals surface area contributed by atoms with Gasteiger partial charge in [0.05, 0.1) is 17.5 Å². The van der Waals surface area contributed by atoms with Gasteiger partial charge in [0, 0.05) is 44.1 Å². The predicted molar refractivity (Wildman–Crippen MR) is 148 cm³/mol. The van der Waals surface area contributed by atoms with Crippen LogP contribution in [0.25, 0.3) is 11.0 Å². The molecule has 0 spiro atoms. The summed E-state index contributed by atoms with van der Waals surface area (Å²) in [4.78, 5) is 39.1. The number of anilines is 3. The number of methoxy groups -OCH3 is 1. The molecule has 0 radical (unpaired) electrons. The number of carbonyl (C=O) groups is 1. The SMILES string of the molecule is COC1CC(n2c(=O)c(N3CCN(C(=O)OC(C)(C)C)c4c(C)cccc43)cc3cnc(S(C)(=O)=O)nc32)C1. The van der Waals surface area contributed by atoms with E-state index in [9.17, 15) is 18.0 Å². The van der Waals surface area contributed by atoms with Crippen LogP contribution in [-0.2, 0) is 19.3 Å². The Hall–Kier alpha value is -3.51. The van der Waals surface area contributed by atoms with Crippen LogP contribution in [0.3, 0.4) is 0 Å². The maximum atomic E-state index is 14.1. The molecule has 12 heteroatoms. The first-order valence-electron chi connectivity index (χ1n) is 12.8. The van der Waals surface area contributed by atoms with Gasteiger partial charge in [0.25, 0.3) is 5.56 Å². The standard InChI is InChI=1S/C27H33N5O6S/c1-16-8-7-9-20-22(16)31(26(34)38-27(2,3)4)11-10-30(20)21-12-17-15-28-25(39(6,35)36)29-23(17)32(24(21)33)18-13-19(14-18)37-5/h7-9,12,15,18-19H,10-11,13-14H2,1-6H3. The van der Waals surface area contributed by atoms with Crippen molar-refractivity contribution >= 4 is 44.0 Å². The number of amides is 1. The Morgan fingerprint density at radius 1 is 1.13 bits per heavy atom. The summed E-state index contributed by atoms with van der Waals surface area (Å²) in [6, 6.07) is 7.17. The highest BCUT2D eigenvalue weighted by molar-refractivity contribution is 7.90. The van der Waals surface area contributed by atoms with E-state index < -0.39 is 21.5 Å². The number of hydrogen-bond donors (Lipinski definition) is 0. The van der Waals surface area contributed by atoms with E-state index in [0.717, 1.165) is 11.8 Å². The van der Waals surface area contributed by atoms with Crippen molar-refractivity contribution in [3.8, 4) is 0 Å². The topological polar surface area (TPSA) is 124 Å². The third kappa shape index (κ3) is 4.98. The van der Waals surface area contributed by atoms with E-state index in [2.05, 4.69) is 9.97 Å². The van der Waals surface area contributed by atoms with Crippen molar-refractivity contribution < 1.29 is 22.7 Å². The Morgan fingerprint density at radius 3 is 2.49 bits per heavy atom. The number of nitrogens with zero attached hydrogens (tertiary/aromatic N) is 5. The zero-order valence-electron chi connectivity index (χ0n) is 23.0. The van der Waals surface area contributed by atoms with Gasteiger partial charge in [-0.2, -0.15) is 4.98 Å². The minimum absolute atomic E-state index is 0.0116. The highest BCUT2D eigenvalue weighted by Crippen LogP contribution is 2.41. The number of benzene rings is 1. The van der Waals surface area contributed by atoms with Crippen molar-refractivity contribution in [2.45, 2.75) is 63.4 Å². The van der Waals surface area contributed by atoms with E-state index >= 15 is 0 Å². The average Bonchev–Trinajstić information content (AvgIpc) is 2.82. The summed E-state index contributed by atoms with van der Waals surface area (Å²) in [6.07, 6.45) is 3.26. The molecule has 208 valence electrons. The molecule has 3 aromatic rings. The van der Waals surface area contributed by atoms with E-state index in [1.165, 1.54) is 6.20 Å². The highest BCUT2D eigenvalue weighted by Gasteiger charge is 2.36. The summed E-state index contributed by atoms with van der Waals surface area (Å²) < 4.78 is 37.1. The molecule has 1 fully saturated rings.